The number of H-pyrrole nitrogens is 1. The van der Waals surface area contributed by atoms with Crippen LogP contribution in [-0.4, -0.2) is 34.9 Å². The minimum Gasteiger partial charge on any atom is -0.351 e. The number of hydrogen-bond acceptors (Lipinski definition) is 4. The van der Waals surface area contributed by atoms with Crippen molar-refractivity contribution in [1.29, 1.82) is 0 Å². The van der Waals surface area contributed by atoms with Crippen molar-refractivity contribution in [3.8, 4) is 0 Å². The zero-order valence-electron chi connectivity index (χ0n) is 8.53. The van der Waals surface area contributed by atoms with E-state index in [4.69, 9.17) is 0 Å². The quantitative estimate of drug-likeness (QED) is 0.497. The van der Waals surface area contributed by atoms with Gasteiger partial charge in [0.1, 0.15) is 5.69 Å². The second-order valence-corrected chi connectivity index (χ2v) is 3.69. The molecule has 7 heteroatoms. The number of nitrogens with one attached hydrogen (secondary N) is 3. The normalized spacial score (nSPS) is 19.6. The number of hydrogen-bond donors (Lipinski definition) is 3. The maximum absolute atomic E-state index is 11.6. The third-order valence-electron chi connectivity index (χ3n) is 2.52. The summed E-state index contributed by atoms with van der Waals surface area (Å²) in [4.78, 5) is 24.1. The van der Waals surface area contributed by atoms with Gasteiger partial charge in [-0.2, -0.15) is 0 Å². The first-order valence-electron chi connectivity index (χ1n) is 5.01. The van der Waals surface area contributed by atoms with Gasteiger partial charge in [-0.3, -0.25) is 14.9 Å². The minimum absolute atomic E-state index is 0.102. The predicted molar refractivity (Wildman–Crippen MR) is 56.2 cm³/mol. The number of carbonyl (C=O) groups is 1. The van der Waals surface area contributed by atoms with Crippen LogP contribution >= 0.6 is 0 Å². The van der Waals surface area contributed by atoms with Crippen LogP contribution in [0.5, 0.6) is 0 Å². The fraction of sp³-hybridized carbons (Fsp3) is 0.444. The molecule has 1 aromatic rings. The van der Waals surface area contributed by atoms with Crippen LogP contribution in [0.4, 0.5) is 5.69 Å². The SMILES string of the molecule is O=C(N[C@H]1CCNC1)c1cc([N+](=O)[O-])c[nH]1. The summed E-state index contributed by atoms with van der Waals surface area (Å²) in [5.41, 5.74) is 0.119. The molecule has 0 radical (unpaired) electrons. The maximum Gasteiger partial charge on any atom is 0.287 e. The summed E-state index contributed by atoms with van der Waals surface area (Å²) in [6.07, 6.45) is 2.09. The Morgan fingerprint density at radius 1 is 1.62 bits per heavy atom. The first kappa shape index (κ1) is 10.6. The number of aromatic amines is 1. The molecule has 0 bridgehead atoms. The highest BCUT2D eigenvalue weighted by Gasteiger charge is 2.20. The first-order valence-corrected chi connectivity index (χ1v) is 5.01. The Balaban J connectivity index is 1.99. The number of nitro groups is 1. The van der Waals surface area contributed by atoms with E-state index in [-0.39, 0.29) is 23.3 Å². The van der Waals surface area contributed by atoms with E-state index in [1.54, 1.807) is 0 Å². The zero-order valence-corrected chi connectivity index (χ0v) is 8.53. The highest BCUT2D eigenvalue weighted by atomic mass is 16.6. The van der Waals surface area contributed by atoms with Gasteiger partial charge in [-0.25, -0.2) is 0 Å². The van der Waals surface area contributed by atoms with E-state index >= 15 is 0 Å². The first-order chi connectivity index (χ1) is 7.66. The summed E-state index contributed by atoms with van der Waals surface area (Å²) in [5, 5.41) is 16.3. The summed E-state index contributed by atoms with van der Waals surface area (Å²) in [6.45, 7) is 1.63. The van der Waals surface area contributed by atoms with Crippen molar-refractivity contribution in [2.24, 2.45) is 0 Å². The molecule has 0 spiro atoms. The van der Waals surface area contributed by atoms with Gasteiger partial charge in [-0.1, -0.05) is 0 Å². The molecule has 1 fully saturated rings. The fourth-order valence-corrected chi connectivity index (χ4v) is 1.66. The predicted octanol–water partition coefficient (Wildman–Crippen LogP) is 0.0146. The van der Waals surface area contributed by atoms with E-state index in [2.05, 4.69) is 15.6 Å². The topological polar surface area (TPSA) is 100 Å². The molecule has 0 aliphatic carbocycles. The number of aromatic nitrogens is 1. The van der Waals surface area contributed by atoms with Gasteiger partial charge >= 0.3 is 0 Å². The lowest BCUT2D eigenvalue weighted by Crippen LogP contribution is -2.36. The van der Waals surface area contributed by atoms with Gasteiger partial charge in [0.25, 0.3) is 11.6 Å². The Morgan fingerprint density at radius 2 is 2.44 bits per heavy atom. The van der Waals surface area contributed by atoms with E-state index < -0.39 is 4.92 Å². The molecule has 1 saturated heterocycles. The molecule has 0 aromatic carbocycles. The van der Waals surface area contributed by atoms with Crippen LogP contribution in [0.2, 0.25) is 0 Å². The van der Waals surface area contributed by atoms with Crippen molar-refractivity contribution in [2.75, 3.05) is 13.1 Å². The van der Waals surface area contributed by atoms with Gasteiger partial charge in [0.15, 0.2) is 0 Å². The molecule has 0 saturated carbocycles. The molecule has 1 aliphatic heterocycles. The summed E-state index contributed by atoms with van der Waals surface area (Å²) < 4.78 is 0. The van der Waals surface area contributed by atoms with Gasteiger partial charge in [0.05, 0.1) is 11.1 Å². The average Bonchev–Trinajstić information content (AvgIpc) is 2.86. The van der Waals surface area contributed by atoms with Crippen LogP contribution in [0, 0.1) is 10.1 Å². The van der Waals surface area contributed by atoms with Gasteiger partial charge < -0.3 is 15.6 Å². The summed E-state index contributed by atoms with van der Waals surface area (Å²) in [7, 11) is 0. The lowest BCUT2D eigenvalue weighted by Gasteiger charge is -2.09. The second kappa shape index (κ2) is 4.31. The molecule has 3 N–H and O–H groups in total. The van der Waals surface area contributed by atoms with Gasteiger partial charge in [0, 0.05) is 18.7 Å². The third kappa shape index (κ3) is 2.19. The summed E-state index contributed by atoms with van der Waals surface area (Å²) in [6, 6.07) is 1.34. The van der Waals surface area contributed by atoms with Crippen LogP contribution < -0.4 is 10.6 Å². The van der Waals surface area contributed by atoms with Crippen LogP contribution in [-0.2, 0) is 0 Å². The maximum atomic E-state index is 11.6. The highest BCUT2D eigenvalue weighted by Crippen LogP contribution is 2.12. The largest absolute Gasteiger partial charge is 0.351 e. The van der Waals surface area contributed by atoms with Crippen molar-refractivity contribution >= 4 is 11.6 Å². The molecule has 7 nitrogen and oxygen atoms in total. The Morgan fingerprint density at radius 3 is 3.00 bits per heavy atom. The molecule has 16 heavy (non-hydrogen) atoms. The Kier molecular flexibility index (Phi) is 2.86. The van der Waals surface area contributed by atoms with Crippen molar-refractivity contribution in [2.45, 2.75) is 12.5 Å². The molecule has 1 atom stereocenters. The molecule has 1 amide bonds. The van der Waals surface area contributed by atoms with Crippen molar-refractivity contribution in [3.05, 3.63) is 28.1 Å². The minimum atomic E-state index is -0.537. The van der Waals surface area contributed by atoms with E-state index in [1.165, 1.54) is 12.3 Å². The smallest absolute Gasteiger partial charge is 0.287 e. The average molecular weight is 224 g/mol. The summed E-state index contributed by atoms with van der Waals surface area (Å²) >= 11 is 0. The Labute approximate surface area is 91.4 Å². The lowest BCUT2D eigenvalue weighted by molar-refractivity contribution is -0.384. The summed E-state index contributed by atoms with van der Waals surface area (Å²) in [5.74, 6) is -0.304. The number of nitrogens with zero attached hydrogens (tertiary/aromatic N) is 1. The molecular weight excluding hydrogens is 212 g/mol. The molecule has 2 rings (SSSR count). The van der Waals surface area contributed by atoms with Crippen LogP contribution in [0.25, 0.3) is 0 Å². The van der Waals surface area contributed by atoms with E-state index in [0.29, 0.717) is 0 Å². The Hall–Kier alpha value is -1.89. The highest BCUT2D eigenvalue weighted by molar-refractivity contribution is 5.93. The van der Waals surface area contributed by atoms with E-state index in [0.717, 1.165) is 19.5 Å². The molecular formula is C9H12N4O3. The van der Waals surface area contributed by atoms with E-state index in [1.807, 2.05) is 0 Å². The number of carbonyl (C=O) groups excluding carboxylic acids is 1. The van der Waals surface area contributed by atoms with Crippen LogP contribution in [0.1, 0.15) is 16.9 Å². The number of amides is 1. The van der Waals surface area contributed by atoms with E-state index in [9.17, 15) is 14.9 Å². The molecule has 1 aliphatic rings. The molecule has 86 valence electrons. The monoisotopic (exact) mass is 224 g/mol. The fourth-order valence-electron chi connectivity index (χ4n) is 1.66. The lowest BCUT2D eigenvalue weighted by atomic mass is 10.2. The standard InChI is InChI=1S/C9H12N4O3/c14-9(12-6-1-2-10-4-6)8-3-7(5-11-8)13(15)16/h3,5-6,10-11H,1-2,4H2,(H,12,14)/t6-/m0/s1. The molecule has 0 unspecified atom stereocenters. The third-order valence-corrected chi connectivity index (χ3v) is 2.52. The Bertz CT molecular complexity index is 409. The van der Waals surface area contributed by atoms with Crippen molar-refractivity contribution < 1.29 is 9.72 Å². The second-order valence-electron chi connectivity index (χ2n) is 3.69. The van der Waals surface area contributed by atoms with Crippen LogP contribution in [0.15, 0.2) is 12.3 Å². The van der Waals surface area contributed by atoms with Gasteiger partial charge in [-0.15, -0.1) is 0 Å². The van der Waals surface area contributed by atoms with Gasteiger partial charge in [-0.05, 0) is 13.0 Å². The number of rotatable bonds is 3. The molecule has 2 heterocycles. The van der Waals surface area contributed by atoms with Crippen LogP contribution in [0.3, 0.4) is 0 Å². The van der Waals surface area contributed by atoms with Crippen molar-refractivity contribution in [3.63, 3.8) is 0 Å². The molecule has 1 aromatic heterocycles. The van der Waals surface area contributed by atoms with Gasteiger partial charge in [0.2, 0.25) is 0 Å². The van der Waals surface area contributed by atoms with Crippen molar-refractivity contribution in [1.82, 2.24) is 15.6 Å². The zero-order chi connectivity index (χ0) is 11.5.